The van der Waals surface area contributed by atoms with Gasteiger partial charge in [-0.05, 0) is 13.8 Å². The van der Waals surface area contributed by atoms with Crippen molar-refractivity contribution in [2.24, 2.45) is 0 Å². The van der Waals surface area contributed by atoms with Gasteiger partial charge in [0.2, 0.25) is 0 Å². The maximum absolute atomic E-state index is 12.1. The minimum absolute atomic E-state index is 0.253. The van der Waals surface area contributed by atoms with Crippen LogP contribution in [0.25, 0.3) is 0 Å². The second-order valence-electron chi connectivity index (χ2n) is 5.07. The predicted octanol–water partition coefficient (Wildman–Crippen LogP) is 0.326. The van der Waals surface area contributed by atoms with Gasteiger partial charge in [0, 0.05) is 14.1 Å². The Kier molecular flexibility index (Phi) is 3.64. The Hall–Kier alpha value is -2.51. The monoisotopic (exact) mass is 275 g/mol. The van der Waals surface area contributed by atoms with Gasteiger partial charge in [-0.1, -0.05) is 0 Å². The van der Waals surface area contributed by atoms with Crippen LogP contribution in [0.1, 0.15) is 30.2 Å². The summed E-state index contributed by atoms with van der Waals surface area (Å²) in [5.74, 6) is 0.948. The zero-order chi connectivity index (χ0) is 14.8. The first kappa shape index (κ1) is 13.9. The predicted molar refractivity (Wildman–Crippen MR) is 73.2 cm³/mol. The van der Waals surface area contributed by atoms with Gasteiger partial charge in [-0.2, -0.15) is 5.10 Å². The highest BCUT2D eigenvalue weighted by Crippen LogP contribution is 2.15. The number of nitrogens with one attached hydrogen (secondary N) is 2. The summed E-state index contributed by atoms with van der Waals surface area (Å²) in [4.78, 5) is 26.3. The number of carbonyl (C=O) groups is 1. The molecule has 20 heavy (non-hydrogen) atoms. The van der Waals surface area contributed by atoms with E-state index >= 15 is 0 Å². The number of aromatic nitrogens is 5. The number of aromatic amines is 1. The number of hydrogen-bond acceptors (Lipinski definition) is 6. The van der Waals surface area contributed by atoms with E-state index < -0.39 is 5.54 Å². The van der Waals surface area contributed by atoms with E-state index in [4.69, 9.17) is 0 Å². The molecule has 0 aliphatic rings. The van der Waals surface area contributed by atoms with Gasteiger partial charge in [-0.25, -0.2) is 15.0 Å². The largest absolute Gasteiger partial charge is 0.361 e. The lowest BCUT2D eigenvalue weighted by Crippen LogP contribution is -2.42. The number of H-pyrrole nitrogens is 1. The molecule has 8 nitrogen and oxygen atoms in total. The molecule has 2 aromatic heterocycles. The summed E-state index contributed by atoms with van der Waals surface area (Å²) < 4.78 is 0. The van der Waals surface area contributed by atoms with Crippen LogP contribution in [0.4, 0.5) is 5.82 Å². The Morgan fingerprint density at radius 3 is 2.50 bits per heavy atom. The summed E-state index contributed by atoms with van der Waals surface area (Å²) in [5, 5.41) is 9.35. The third-order valence-corrected chi connectivity index (χ3v) is 2.76. The van der Waals surface area contributed by atoms with Crippen LogP contribution >= 0.6 is 0 Å². The van der Waals surface area contributed by atoms with Crippen molar-refractivity contribution in [1.29, 1.82) is 0 Å². The molecule has 0 bridgehead atoms. The van der Waals surface area contributed by atoms with Gasteiger partial charge >= 0.3 is 0 Å². The maximum Gasteiger partial charge on any atom is 0.272 e. The molecule has 106 valence electrons. The summed E-state index contributed by atoms with van der Waals surface area (Å²) in [7, 11) is 3.72. The topological polar surface area (TPSA) is 99.7 Å². The molecule has 0 radical (unpaired) electrons. The molecule has 1 amide bonds. The standard InChI is InChI=1S/C12H17N7O/c1-12(2,11-15-7-16-18-11)17-10(20)8-5-14-9(6-13-8)19(3)4/h5-7H,1-4H3,(H,17,20)(H,15,16,18). The molecule has 2 heterocycles. The molecule has 2 aromatic rings. The SMILES string of the molecule is CN(C)c1cnc(C(=O)NC(C)(C)c2ncn[nH]2)cn1. The highest BCUT2D eigenvalue weighted by molar-refractivity contribution is 5.92. The molecule has 0 atom stereocenters. The second kappa shape index (κ2) is 5.24. The smallest absolute Gasteiger partial charge is 0.272 e. The fourth-order valence-corrected chi connectivity index (χ4v) is 1.58. The van der Waals surface area contributed by atoms with E-state index in [1.165, 1.54) is 12.5 Å². The molecule has 0 unspecified atom stereocenters. The van der Waals surface area contributed by atoms with Crippen LogP contribution in [-0.2, 0) is 5.54 Å². The van der Waals surface area contributed by atoms with Crippen molar-refractivity contribution < 1.29 is 4.79 Å². The molecule has 8 heteroatoms. The first-order valence-electron chi connectivity index (χ1n) is 6.08. The molecule has 0 spiro atoms. The van der Waals surface area contributed by atoms with Crippen molar-refractivity contribution in [3.8, 4) is 0 Å². The van der Waals surface area contributed by atoms with Crippen molar-refractivity contribution in [1.82, 2.24) is 30.5 Å². The number of hydrogen-bond donors (Lipinski definition) is 2. The van der Waals surface area contributed by atoms with E-state index in [-0.39, 0.29) is 11.6 Å². The molecular formula is C12H17N7O. The zero-order valence-corrected chi connectivity index (χ0v) is 11.9. The Morgan fingerprint density at radius 1 is 1.25 bits per heavy atom. The first-order chi connectivity index (χ1) is 9.40. The van der Waals surface area contributed by atoms with Gasteiger partial charge in [0.1, 0.15) is 23.7 Å². The molecule has 0 saturated heterocycles. The molecule has 0 aromatic carbocycles. The quantitative estimate of drug-likeness (QED) is 0.834. The van der Waals surface area contributed by atoms with Crippen LogP contribution in [0.5, 0.6) is 0 Å². The lowest BCUT2D eigenvalue weighted by atomic mass is 10.0. The van der Waals surface area contributed by atoms with E-state index in [9.17, 15) is 4.79 Å². The van der Waals surface area contributed by atoms with Gasteiger partial charge in [-0.3, -0.25) is 9.89 Å². The zero-order valence-electron chi connectivity index (χ0n) is 11.9. The number of carbonyl (C=O) groups excluding carboxylic acids is 1. The maximum atomic E-state index is 12.1. The molecule has 2 N–H and O–H groups in total. The van der Waals surface area contributed by atoms with Crippen LogP contribution in [0.2, 0.25) is 0 Å². The van der Waals surface area contributed by atoms with Crippen molar-refractivity contribution in [2.45, 2.75) is 19.4 Å². The summed E-state index contributed by atoms with van der Waals surface area (Å²) in [6, 6.07) is 0. The molecule has 0 fully saturated rings. The molecule has 0 saturated carbocycles. The van der Waals surface area contributed by atoms with Gasteiger partial charge < -0.3 is 10.2 Å². The number of anilines is 1. The highest BCUT2D eigenvalue weighted by atomic mass is 16.2. The number of nitrogens with zero attached hydrogens (tertiary/aromatic N) is 5. The van der Waals surface area contributed by atoms with Gasteiger partial charge in [0.05, 0.1) is 17.9 Å². The lowest BCUT2D eigenvalue weighted by Gasteiger charge is -2.23. The van der Waals surface area contributed by atoms with Crippen LogP contribution in [-0.4, -0.2) is 45.2 Å². The summed E-state index contributed by atoms with van der Waals surface area (Å²) in [6.45, 7) is 3.65. The van der Waals surface area contributed by atoms with Gasteiger partial charge in [0.15, 0.2) is 0 Å². The highest BCUT2D eigenvalue weighted by Gasteiger charge is 2.27. The van der Waals surface area contributed by atoms with Crippen LogP contribution in [0, 0.1) is 0 Å². The minimum atomic E-state index is -0.671. The van der Waals surface area contributed by atoms with Crippen LogP contribution in [0.15, 0.2) is 18.7 Å². The van der Waals surface area contributed by atoms with E-state index in [1.54, 1.807) is 6.20 Å². The molecular weight excluding hydrogens is 258 g/mol. The van der Waals surface area contributed by atoms with Crippen LogP contribution < -0.4 is 10.2 Å². The normalized spacial score (nSPS) is 11.2. The fourth-order valence-electron chi connectivity index (χ4n) is 1.58. The summed E-state index contributed by atoms with van der Waals surface area (Å²) in [5.41, 5.74) is -0.418. The Morgan fingerprint density at radius 2 is 2.00 bits per heavy atom. The molecule has 0 aliphatic carbocycles. The molecule has 2 rings (SSSR count). The average molecular weight is 275 g/mol. The molecule has 0 aliphatic heterocycles. The minimum Gasteiger partial charge on any atom is -0.361 e. The Labute approximate surface area is 116 Å². The Balaban J connectivity index is 2.12. The van der Waals surface area contributed by atoms with Crippen LogP contribution in [0.3, 0.4) is 0 Å². The van der Waals surface area contributed by atoms with E-state index in [0.717, 1.165) is 0 Å². The Bertz CT molecular complexity index is 574. The van der Waals surface area contributed by atoms with Crippen molar-refractivity contribution >= 4 is 11.7 Å². The fraction of sp³-hybridized carbons (Fsp3) is 0.417. The van der Waals surface area contributed by atoms with E-state index in [1.807, 2.05) is 32.8 Å². The van der Waals surface area contributed by atoms with Crippen molar-refractivity contribution in [3.63, 3.8) is 0 Å². The third-order valence-electron chi connectivity index (χ3n) is 2.76. The number of amides is 1. The lowest BCUT2D eigenvalue weighted by molar-refractivity contribution is 0.0903. The van der Waals surface area contributed by atoms with Crippen molar-refractivity contribution in [3.05, 3.63) is 30.2 Å². The van der Waals surface area contributed by atoms with E-state index in [0.29, 0.717) is 11.6 Å². The first-order valence-corrected chi connectivity index (χ1v) is 6.08. The summed E-state index contributed by atoms with van der Waals surface area (Å²) in [6.07, 6.45) is 4.40. The van der Waals surface area contributed by atoms with Gasteiger partial charge in [0.25, 0.3) is 5.91 Å². The van der Waals surface area contributed by atoms with Gasteiger partial charge in [-0.15, -0.1) is 0 Å². The second-order valence-corrected chi connectivity index (χ2v) is 5.07. The number of rotatable bonds is 4. The third kappa shape index (κ3) is 2.90. The summed E-state index contributed by atoms with van der Waals surface area (Å²) >= 11 is 0. The van der Waals surface area contributed by atoms with Crippen molar-refractivity contribution in [2.75, 3.05) is 19.0 Å². The average Bonchev–Trinajstić information content (AvgIpc) is 2.93. The van der Waals surface area contributed by atoms with E-state index in [2.05, 4.69) is 30.5 Å².